The summed E-state index contributed by atoms with van der Waals surface area (Å²) in [6.45, 7) is 0. The highest BCUT2D eigenvalue weighted by Crippen LogP contribution is 2.34. The highest BCUT2D eigenvalue weighted by molar-refractivity contribution is 9.10. The molecule has 138 valence electrons. The Morgan fingerprint density at radius 3 is 1.93 bits per heavy atom. The molecule has 0 saturated heterocycles. The number of hydrogen-bond acceptors (Lipinski definition) is 5. The topological polar surface area (TPSA) is 65.7 Å². The van der Waals surface area contributed by atoms with Gasteiger partial charge in [0.05, 0.1) is 25.3 Å². The van der Waals surface area contributed by atoms with Gasteiger partial charge in [-0.2, -0.15) is 0 Å². The molecule has 5 nitrogen and oxygen atoms in total. The molecule has 0 radical (unpaired) electrons. The second-order valence-corrected chi connectivity index (χ2v) is 6.88. The van der Waals surface area contributed by atoms with Gasteiger partial charge in [-0.15, -0.1) is 0 Å². The van der Waals surface area contributed by atoms with Gasteiger partial charge in [0, 0.05) is 20.6 Å². The van der Waals surface area contributed by atoms with Crippen molar-refractivity contribution in [3.05, 3.63) is 69.2 Å². The van der Waals surface area contributed by atoms with E-state index in [1.165, 1.54) is 20.3 Å². The minimum atomic E-state index is -0.524. The number of halogens is 2. The number of methoxy groups -OCH3 is 2. The third-order valence-electron chi connectivity index (χ3n) is 3.91. The van der Waals surface area contributed by atoms with Crippen LogP contribution < -0.4 is 0 Å². The number of carbonyl (C=O) groups is 2. The largest absolute Gasteiger partial charge is 0.465 e. The van der Waals surface area contributed by atoms with Crippen molar-refractivity contribution < 1.29 is 23.5 Å². The van der Waals surface area contributed by atoms with Gasteiger partial charge in [-0.25, -0.2) is 9.59 Å². The lowest BCUT2D eigenvalue weighted by atomic mass is 10.1. The van der Waals surface area contributed by atoms with Crippen LogP contribution in [0.3, 0.4) is 0 Å². The number of rotatable bonds is 4. The Morgan fingerprint density at radius 2 is 1.37 bits per heavy atom. The van der Waals surface area contributed by atoms with Crippen molar-refractivity contribution in [2.45, 2.75) is 0 Å². The van der Waals surface area contributed by atoms with E-state index in [-0.39, 0.29) is 5.56 Å². The normalized spacial score (nSPS) is 10.5. The Labute approximate surface area is 169 Å². The monoisotopic (exact) mass is 448 g/mol. The van der Waals surface area contributed by atoms with Crippen LogP contribution in [-0.2, 0) is 9.47 Å². The van der Waals surface area contributed by atoms with E-state index in [1.54, 1.807) is 42.5 Å². The first-order valence-electron chi connectivity index (χ1n) is 7.81. The molecule has 1 heterocycles. The van der Waals surface area contributed by atoms with Crippen molar-refractivity contribution in [1.29, 1.82) is 0 Å². The summed E-state index contributed by atoms with van der Waals surface area (Å²) in [4.78, 5) is 24.2. The second kappa shape index (κ2) is 7.98. The van der Waals surface area contributed by atoms with E-state index in [9.17, 15) is 9.59 Å². The Hall–Kier alpha value is -2.57. The molecule has 0 N–H and O–H groups in total. The second-order valence-electron chi connectivity index (χ2n) is 5.53. The highest BCUT2D eigenvalue weighted by atomic mass is 79.9. The first kappa shape index (κ1) is 19.2. The molecule has 7 heteroatoms. The van der Waals surface area contributed by atoms with Crippen molar-refractivity contribution in [3.63, 3.8) is 0 Å². The molecule has 0 saturated carbocycles. The Kier molecular flexibility index (Phi) is 5.68. The summed E-state index contributed by atoms with van der Waals surface area (Å²) in [7, 11) is 2.61. The van der Waals surface area contributed by atoms with Crippen LogP contribution in [-0.4, -0.2) is 26.2 Å². The summed E-state index contributed by atoms with van der Waals surface area (Å²) in [5, 5.41) is 0.409. The molecule has 0 aliphatic rings. The number of furan rings is 1. The lowest BCUT2D eigenvalue weighted by Crippen LogP contribution is -2.03. The summed E-state index contributed by atoms with van der Waals surface area (Å²) < 4.78 is 16.3. The minimum Gasteiger partial charge on any atom is -0.465 e. The van der Waals surface area contributed by atoms with Crippen LogP contribution in [0.5, 0.6) is 0 Å². The smallest absolute Gasteiger partial charge is 0.338 e. The SMILES string of the molecule is COC(=O)c1cc(Cl)ccc1-c1ccc(-c2ccc(Br)cc2C(=O)OC)o1. The first-order chi connectivity index (χ1) is 12.9. The zero-order chi connectivity index (χ0) is 19.6. The van der Waals surface area contributed by atoms with E-state index in [1.807, 2.05) is 0 Å². The first-order valence-corrected chi connectivity index (χ1v) is 8.98. The lowest BCUT2D eigenvalue weighted by molar-refractivity contribution is 0.0592. The van der Waals surface area contributed by atoms with Crippen molar-refractivity contribution in [2.75, 3.05) is 14.2 Å². The molecular formula is C20H14BrClO5. The van der Waals surface area contributed by atoms with Crippen molar-refractivity contribution in [2.24, 2.45) is 0 Å². The van der Waals surface area contributed by atoms with Gasteiger partial charge in [0.1, 0.15) is 11.5 Å². The van der Waals surface area contributed by atoms with Gasteiger partial charge in [0.25, 0.3) is 0 Å². The zero-order valence-electron chi connectivity index (χ0n) is 14.4. The maximum Gasteiger partial charge on any atom is 0.338 e. The van der Waals surface area contributed by atoms with E-state index in [0.29, 0.717) is 33.2 Å². The maximum atomic E-state index is 12.1. The summed E-state index contributed by atoms with van der Waals surface area (Å²) in [6.07, 6.45) is 0. The predicted octanol–water partition coefficient (Wildman–Crippen LogP) is 5.60. The zero-order valence-corrected chi connectivity index (χ0v) is 16.8. The maximum absolute atomic E-state index is 12.1. The van der Waals surface area contributed by atoms with E-state index in [4.69, 9.17) is 25.5 Å². The van der Waals surface area contributed by atoms with Crippen molar-refractivity contribution in [3.8, 4) is 22.6 Å². The van der Waals surface area contributed by atoms with E-state index >= 15 is 0 Å². The minimum absolute atomic E-state index is 0.287. The molecule has 0 amide bonds. The Balaban J connectivity index is 2.10. The molecule has 3 aromatic rings. The molecule has 0 fully saturated rings. The van der Waals surface area contributed by atoms with Crippen LogP contribution in [0.15, 0.2) is 57.4 Å². The molecular weight excluding hydrogens is 436 g/mol. The van der Waals surface area contributed by atoms with Gasteiger partial charge in [-0.05, 0) is 48.5 Å². The van der Waals surface area contributed by atoms with Gasteiger partial charge in [0.2, 0.25) is 0 Å². The molecule has 27 heavy (non-hydrogen) atoms. The van der Waals surface area contributed by atoms with E-state index in [0.717, 1.165) is 4.47 Å². The molecule has 3 rings (SSSR count). The van der Waals surface area contributed by atoms with Gasteiger partial charge in [0.15, 0.2) is 0 Å². The lowest BCUT2D eigenvalue weighted by Gasteiger charge is -2.08. The molecule has 0 aliphatic carbocycles. The Morgan fingerprint density at radius 1 is 0.852 bits per heavy atom. The number of esters is 2. The molecule has 2 aromatic carbocycles. The molecule has 0 aliphatic heterocycles. The molecule has 0 atom stereocenters. The van der Waals surface area contributed by atoms with Crippen molar-refractivity contribution in [1.82, 2.24) is 0 Å². The molecule has 0 unspecified atom stereocenters. The van der Waals surface area contributed by atoms with Gasteiger partial charge < -0.3 is 13.9 Å². The summed E-state index contributed by atoms with van der Waals surface area (Å²) in [6, 6.07) is 13.5. The molecule has 0 spiro atoms. The fraction of sp³-hybridized carbons (Fsp3) is 0.100. The standard InChI is InChI=1S/C20H14BrClO5/c1-25-19(23)15-9-11(21)3-5-13(15)17-7-8-18(27-17)14-6-4-12(22)10-16(14)20(24)26-2/h3-10H,1-2H3. The van der Waals surface area contributed by atoms with E-state index < -0.39 is 11.9 Å². The number of hydrogen-bond donors (Lipinski definition) is 0. The quantitative estimate of drug-likeness (QED) is 0.485. The van der Waals surface area contributed by atoms with Crippen molar-refractivity contribution >= 4 is 39.5 Å². The summed E-state index contributed by atoms with van der Waals surface area (Å²) >= 11 is 9.34. The van der Waals surface area contributed by atoms with Gasteiger partial charge >= 0.3 is 11.9 Å². The van der Waals surface area contributed by atoms with Crippen LogP contribution in [0, 0.1) is 0 Å². The average Bonchev–Trinajstić information content (AvgIpc) is 3.16. The van der Waals surface area contributed by atoms with E-state index in [2.05, 4.69) is 15.9 Å². The predicted molar refractivity (Wildman–Crippen MR) is 105 cm³/mol. The summed E-state index contributed by atoms with van der Waals surface area (Å²) in [5.74, 6) is -0.0974. The summed E-state index contributed by atoms with van der Waals surface area (Å²) in [5.41, 5.74) is 1.76. The van der Waals surface area contributed by atoms with Crippen LogP contribution >= 0.6 is 27.5 Å². The van der Waals surface area contributed by atoms with Crippen LogP contribution in [0.1, 0.15) is 20.7 Å². The fourth-order valence-electron chi connectivity index (χ4n) is 2.65. The number of ether oxygens (including phenoxy) is 2. The van der Waals surface area contributed by atoms with Gasteiger partial charge in [-0.1, -0.05) is 27.5 Å². The number of benzene rings is 2. The third-order valence-corrected chi connectivity index (χ3v) is 4.64. The van der Waals surface area contributed by atoms with Crippen LogP contribution in [0.4, 0.5) is 0 Å². The number of carbonyl (C=O) groups excluding carboxylic acids is 2. The third kappa shape index (κ3) is 3.91. The van der Waals surface area contributed by atoms with Crippen LogP contribution in [0.2, 0.25) is 5.02 Å². The Bertz CT molecular complexity index is 945. The molecule has 1 aromatic heterocycles. The average molecular weight is 450 g/mol. The highest BCUT2D eigenvalue weighted by Gasteiger charge is 2.20. The van der Waals surface area contributed by atoms with Crippen LogP contribution in [0.25, 0.3) is 22.6 Å². The molecule has 0 bridgehead atoms. The van der Waals surface area contributed by atoms with Gasteiger partial charge in [-0.3, -0.25) is 0 Å². The fourth-order valence-corrected chi connectivity index (χ4v) is 3.18.